The van der Waals surface area contributed by atoms with Crippen molar-refractivity contribution in [3.05, 3.63) is 28.2 Å². The van der Waals surface area contributed by atoms with Crippen molar-refractivity contribution in [1.82, 2.24) is 4.57 Å². The lowest BCUT2D eigenvalue weighted by Crippen LogP contribution is -2.24. The van der Waals surface area contributed by atoms with Gasteiger partial charge in [0.05, 0.1) is 0 Å². The van der Waals surface area contributed by atoms with Crippen LogP contribution in [0.15, 0.2) is 21.8 Å². The second-order valence-corrected chi connectivity index (χ2v) is 5.22. The number of aromatic carboxylic acids is 1. The van der Waals surface area contributed by atoms with Crippen LogP contribution >= 0.6 is 10.7 Å². The molecule has 1 aromatic heterocycles. The van der Waals surface area contributed by atoms with Gasteiger partial charge in [0.25, 0.3) is 14.6 Å². The van der Waals surface area contributed by atoms with E-state index in [0.717, 1.165) is 19.2 Å². The molecule has 0 aliphatic carbocycles. The van der Waals surface area contributed by atoms with Crippen molar-refractivity contribution in [1.29, 1.82) is 0 Å². The molecule has 0 atom stereocenters. The predicted molar refractivity (Wildman–Crippen MR) is 51.7 cm³/mol. The zero-order chi connectivity index (χ0) is 11.8. The summed E-state index contributed by atoms with van der Waals surface area (Å²) in [5, 5.41) is 8.75. The van der Waals surface area contributed by atoms with Crippen LogP contribution in [0.4, 0.5) is 0 Å². The quantitative estimate of drug-likeness (QED) is 0.748. The lowest BCUT2D eigenvalue weighted by atomic mass is 10.3. The van der Waals surface area contributed by atoms with Gasteiger partial charge >= 0.3 is 5.97 Å². The van der Waals surface area contributed by atoms with E-state index in [2.05, 4.69) is 0 Å². The number of hydrogen-bond acceptors (Lipinski definition) is 4. The molecule has 0 radical (unpaired) electrons. The Morgan fingerprint density at radius 2 is 2.00 bits per heavy atom. The maximum absolute atomic E-state index is 11.1. The Balaban J connectivity index is 3.78. The predicted octanol–water partition coefficient (Wildman–Crippen LogP) is 0.0110. The fraction of sp³-hybridized carbons (Fsp3) is 0.143. The van der Waals surface area contributed by atoms with Gasteiger partial charge in [0.15, 0.2) is 0 Å². The molecule has 1 heterocycles. The van der Waals surface area contributed by atoms with Gasteiger partial charge in [-0.1, -0.05) is 0 Å². The van der Waals surface area contributed by atoms with Crippen molar-refractivity contribution in [3.63, 3.8) is 0 Å². The summed E-state index contributed by atoms with van der Waals surface area (Å²) in [5.41, 5.74) is -1.28. The molecule has 1 aromatic rings. The molecule has 0 bridgehead atoms. The van der Waals surface area contributed by atoms with Crippen LogP contribution in [0.2, 0.25) is 0 Å². The van der Waals surface area contributed by atoms with Crippen molar-refractivity contribution < 1.29 is 18.3 Å². The monoisotopic (exact) mass is 251 g/mol. The number of hydrogen-bond donors (Lipinski definition) is 1. The highest BCUT2D eigenvalue weighted by molar-refractivity contribution is 8.13. The highest BCUT2D eigenvalue weighted by atomic mass is 35.7. The van der Waals surface area contributed by atoms with Crippen LogP contribution in [0, 0.1) is 0 Å². The highest BCUT2D eigenvalue weighted by Crippen LogP contribution is 2.17. The topological polar surface area (TPSA) is 93.4 Å². The van der Waals surface area contributed by atoms with Crippen LogP contribution in [0.5, 0.6) is 0 Å². The van der Waals surface area contributed by atoms with E-state index < -0.39 is 31.2 Å². The Morgan fingerprint density at radius 3 is 2.40 bits per heavy atom. The third kappa shape index (κ3) is 2.18. The summed E-state index contributed by atoms with van der Waals surface area (Å²) in [6.07, 6.45) is 0. The summed E-state index contributed by atoms with van der Waals surface area (Å²) in [6, 6.07) is 1.80. The van der Waals surface area contributed by atoms with Crippen molar-refractivity contribution in [3.8, 4) is 0 Å². The van der Waals surface area contributed by atoms with E-state index in [1.807, 2.05) is 0 Å². The van der Waals surface area contributed by atoms with Gasteiger partial charge in [0, 0.05) is 23.8 Å². The second-order valence-electron chi connectivity index (χ2n) is 2.69. The minimum absolute atomic E-state index is 0.598. The highest BCUT2D eigenvalue weighted by Gasteiger charge is 2.23. The first-order valence-electron chi connectivity index (χ1n) is 3.63. The van der Waals surface area contributed by atoms with Crippen LogP contribution < -0.4 is 5.56 Å². The Labute approximate surface area is 89.1 Å². The molecule has 15 heavy (non-hydrogen) atoms. The van der Waals surface area contributed by atoms with Crippen LogP contribution in [0.3, 0.4) is 0 Å². The van der Waals surface area contributed by atoms with Crippen LogP contribution in [-0.4, -0.2) is 24.1 Å². The Hall–Kier alpha value is -1.34. The Morgan fingerprint density at radius 1 is 1.47 bits per heavy atom. The molecule has 0 aliphatic heterocycles. The van der Waals surface area contributed by atoms with Crippen LogP contribution in [0.1, 0.15) is 10.5 Å². The van der Waals surface area contributed by atoms with Gasteiger partial charge in [-0.05, 0) is 6.07 Å². The maximum Gasteiger partial charge on any atom is 0.354 e. The fourth-order valence-electron chi connectivity index (χ4n) is 1.06. The molecular weight excluding hydrogens is 246 g/mol. The number of aromatic nitrogens is 1. The van der Waals surface area contributed by atoms with E-state index in [1.54, 1.807) is 0 Å². The average Bonchev–Trinajstić information content (AvgIpc) is 2.06. The first-order valence-corrected chi connectivity index (χ1v) is 5.94. The summed E-state index contributed by atoms with van der Waals surface area (Å²) in [6.45, 7) is 0. The van der Waals surface area contributed by atoms with Crippen molar-refractivity contribution >= 4 is 25.7 Å². The molecule has 0 spiro atoms. The van der Waals surface area contributed by atoms with Crippen molar-refractivity contribution in [2.75, 3.05) is 0 Å². The lowest BCUT2D eigenvalue weighted by molar-refractivity contribution is 0.0680. The molecule has 0 aromatic carbocycles. The molecule has 0 aliphatic rings. The normalized spacial score (nSPS) is 11.3. The van der Waals surface area contributed by atoms with E-state index in [0.29, 0.717) is 4.57 Å². The number of rotatable bonds is 2. The lowest BCUT2D eigenvalue weighted by Gasteiger charge is -2.06. The van der Waals surface area contributed by atoms with Gasteiger partial charge < -0.3 is 9.67 Å². The summed E-state index contributed by atoms with van der Waals surface area (Å²) < 4.78 is 22.7. The van der Waals surface area contributed by atoms with Gasteiger partial charge in [-0.2, -0.15) is 0 Å². The molecular formula is C7H6ClNO5S. The van der Waals surface area contributed by atoms with Crippen LogP contribution in [-0.2, 0) is 16.1 Å². The van der Waals surface area contributed by atoms with E-state index in [4.69, 9.17) is 15.8 Å². The van der Waals surface area contributed by atoms with Crippen LogP contribution in [0.25, 0.3) is 0 Å². The van der Waals surface area contributed by atoms with E-state index in [9.17, 15) is 18.0 Å². The third-order valence-electron chi connectivity index (χ3n) is 1.74. The minimum atomic E-state index is -4.19. The molecule has 0 saturated carbocycles. The van der Waals surface area contributed by atoms with Gasteiger partial charge in [-0.15, -0.1) is 0 Å². The molecule has 8 heteroatoms. The smallest absolute Gasteiger partial charge is 0.354 e. The number of carboxylic acids is 1. The maximum atomic E-state index is 11.1. The molecule has 1 rings (SSSR count). The third-order valence-corrected chi connectivity index (χ3v) is 3.10. The molecule has 6 nitrogen and oxygen atoms in total. The first kappa shape index (κ1) is 11.7. The molecule has 1 N–H and O–H groups in total. The van der Waals surface area contributed by atoms with E-state index in [-0.39, 0.29) is 0 Å². The number of halogens is 1. The minimum Gasteiger partial charge on any atom is -0.477 e. The molecule has 0 fully saturated rings. The van der Waals surface area contributed by atoms with E-state index in [1.165, 1.54) is 0 Å². The summed E-state index contributed by atoms with van der Waals surface area (Å²) in [5.74, 6) is -1.53. The zero-order valence-electron chi connectivity index (χ0n) is 7.47. The molecule has 0 unspecified atom stereocenters. The molecule has 0 saturated heterocycles. The summed E-state index contributed by atoms with van der Waals surface area (Å²) >= 11 is 0. The summed E-state index contributed by atoms with van der Waals surface area (Å²) in [7, 11) is 1.99. The van der Waals surface area contributed by atoms with Gasteiger partial charge in [-0.3, -0.25) is 4.79 Å². The zero-order valence-corrected chi connectivity index (χ0v) is 9.04. The number of carboxylic acid groups (broad SMARTS) is 1. The number of carbonyl (C=O) groups is 1. The fourth-order valence-corrected chi connectivity index (χ4v) is 2.12. The van der Waals surface area contributed by atoms with Gasteiger partial charge in [-0.25, -0.2) is 13.2 Å². The molecule has 82 valence electrons. The summed E-state index contributed by atoms with van der Waals surface area (Å²) in [4.78, 5) is 21.2. The first-order chi connectivity index (χ1) is 6.75. The Kier molecular flexibility index (Phi) is 2.87. The largest absolute Gasteiger partial charge is 0.477 e. The SMILES string of the molecule is Cn1c(C(=O)O)c(S(=O)(=O)Cl)ccc1=O. The average molecular weight is 252 g/mol. The van der Waals surface area contributed by atoms with Crippen molar-refractivity contribution in [2.45, 2.75) is 4.90 Å². The number of nitrogens with zero attached hydrogens (tertiary/aromatic N) is 1. The second kappa shape index (κ2) is 3.67. The van der Waals surface area contributed by atoms with Crippen molar-refractivity contribution in [2.24, 2.45) is 7.05 Å². The Bertz CT molecular complexity index is 574. The van der Waals surface area contributed by atoms with Gasteiger partial charge in [0.2, 0.25) is 0 Å². The standard InChI is InChI=1S/C7H6ClNO5S/c1-9-5(10)3-2-4(15(8,13)14)6(9)7(11)12/h2-3H,1H3,(H,11,12). The molecule has 0 amide bonds. The number of pyridine rings is 1. The van der Waals surface area contributed by atoms with Gasteiger partial charge in [0.1, 0.15) is 10.6 Å². The van der Waals surface area contributed by atoms with E-state index >= 15 is 0 Å².